The van der Waals surface area contributed by atoms with E-state index in [9.17, 15) is 8.42 Å². The van der Waals surface area contributed by atoms with Crippen LogP contribution < -0.4 is 33.6 Å². The van der Waals surface area contributed by atoms with Gasteiger partial charge in [0.2, 0.25) is 10.0 Å². The topological polar surface area (TPSA) is 229 Å². The van der Waals surface area contributed by atoms with Crippen LogP contribution in [0.1, 0.15) is 18.4 Å². The standard InChI is InChI=1S/C19H23N7O2S2.H4N2/c20-18(21)15-11(12-2-1-3-13-16(12)26-19(22)25-13)4-5-14(17(15)30(23,27)28)29-10-6-8-24-9-7-10;1-2/h1-5,10,24H,6-9H2,(H3,20,21)(H3,22,25,26)(H2,23,27,28);1-2H2. The number of amidine groups is 1. The highest BCUT2D eigenvalue weighted by atomic mass is 32.2. The number of fused-ring (bicyclic) bond motifs is 1. The number of rotatable bonds is 5. The highest BCUT2D eigenvalue weighted by Gasteiger charge is 2.27. The number of nitrogen functional groups attached to an aromatic ring is 2. The summed E-state index contributed by atoms with van der Waals surface area (Å²) in [6.45, 7) is 1.76. The van der Waals surface area contributed by atoms with Gasteiger partial charge in [-0.15, -0.1) is 11.8 Å². The Morgan fingerprint density at radius 1 is 1.12 bits per heavy atom. The molecule has 1 aliphatic heterocycles. The molecular formula is C19H27N9O2S2. The SMILES string of the molecule is N=C(N)c1c(-c2cccc3[nH]c(N)nc23)ccc(SC2CCNCC2)c1S(N)(=O)=O.NN. The van der Waals surface area contributed by atoms with Crippen LogP contribution in [0.2, 0.25) is 0 Å². The Hall–Kier alpha value is -2.68. The number of aromatic amines is 1. The van der Waals surface area contributed by atoms with Crippen LogP contribution in [0, 0.1) is 5.41 Å². The van der Waals surface area contributed by atoms with E-state index < -0.39 is 10.0 Å². The van der Waals surface area contributed by atoms with Crippen molar-refractivity contribution in [3.8, 4) is 11.1 Å². The largest absolute Gasteiger partial charge is 0.384 e. The van der Waals surface area contributed by atoms with Gasteiger partial charge < -0.3 is 21.8 Å². The fraction of sp³-hybridized carbons (Fsp3) is 0.263. The van der Waals surface area contributed by atoms with Crippen molar-refractivity contribution in [3.63, 3.8) is 0 Å². The zero-order valence-corrected chi connectivity index (χ0v) is 18.9. The second-order valence-corrected chi connectivity index (χ2v) is 10.0. The minimum absolute atomic E-state index is 0.0884. The molecule has 1 aliphatic rings. The zero-order valence-electron chi connectivity index (χ0n) is 17.3. The number of thioether (sulfide) groups is 1. The first-order valence-corrected chi connectivity index (χ1v) is 12.2. The lowest BCUT2D eigenvalue weighted by Crippen LogP contribution is -2.29. The lowest BCUT2D eigenvalue weighted by atomic mass is 9.97. The maximum Gasteiger partial charge on any atom is 0.239 e. The van der Waals surface area contributed by atoms with Crippen LogP contribution in [0.3, 0.4) is 0 Å². The van der Waals surface area contributed by atoms with Crippen LogP contribution in [-0.4, -0.2) is 42.6 Å². The lowest BCUT2D eigenvalue weighted by Gasteiger charge is -2.24. The highest BCUT2D eigenvalue weighted by molar-refractivity contribution is 8.00. The normalized spacial score (nSPS) is 14.7. The van der Waals surface area contributed by atoms with Crippen molar-refractivity contribution in [2.45, 2.75) is 27.9 Å². The van der Waals surface area contributed by atoms with Gasteiger partial charge in [0.15, 0.2) is 5.95 Å². The van der Waals surface area contributed by atoms with E-state index in [-0.39, 0.29) is 27.5 Å². The highest BCUT2D eigenvalue weighted by Crippen LogP contribution is 2.40. The van der Waals surface area contributed by atoms with Crippen LogP contribution in [0.25, 0.3) is 22.2 Å². The second-order valence-electron chi connectivity index (χ2n) is 7.17. The maximum absolute atomic E-state index is 12.6. The molecule has 32 heavy (non-hydrogen) atoms. The molecule has 13 heteroatoms. The molecular weight excluding hydrogens is 450 g/mol. The number of imidazole rings is 1. The van der Waals surface area contributed by atoms with Crippen molar-refractivity contribution in [1.29, 1.82) is 5.41 Å². The lowest BCUT2D eigenvalue weighted by molar-refractivity contribution is 0.531. The number of piperidine rings is 1. The fourth-order valence-corrected chi connectivity index (χ4v) is 6.32. The Morgan fingerprint density at radius 2 is 1.81 bits per heavy atom. The van der Waals surface area contributed by atoms with E-state index in [1.165, 1.54) is 11.8 Å². The van der Waals surface area contributed by atoms with E-state index in [0.717, 1.165) is 25.9 Å². The number of hydrazine groups is 1. The Bertz CT molecular complexity index is 1240. The molecule has 0 saturated carbocycles. The third kappa shape index (κ3) is 4.87. The maximum atomic E-state index is 12.6. The van der Waals surface area contributed by atoms with Crippen molar-refractivity contribution >= 4 is 44.6 Å². The summed E-state index contributed by atoms with van der Waals surface area (Å²) < 4.78 is 25.3. The van der Waals surface area contributed by atoms with Gasteiger partial charge in [-0.25, -0.2) is 18.5 Å². The minimum atomic E-state index is -4.15. The third-order valence-corrected chi connectivity index (χ3v) is 7.60. The van der Waals surface area contributed by atoms with Crippen molar-refractivity contribution in [3.05, 3.63) is 35.9 Å². The molecule has 0 aliphatic carbocycles. The van der Waals surface area contributed by atoms with Crippen molar-refractivity contribution in [2.24, 2.45) is 22.6 Å². The van der Waals surface area contributed by atoms with Gasteiger partial charge in [0.1, 0.15) is 10.7 Å². The summed E-state index contributed by atoms with van der Waals surface area (Å²) in [5.41, 5.74) is 14.1. The number of H-pyrrole nitrogens is 1. The van der Waals surface area contributed by atoms with Crippen molar-refractivity contribution in [2.75, 3.05) is 18.8 Å². The summed E-state index contributed by atoms with van der Waals surface area (Å²) in [6, 6.07) is 8.92. The first-order valence-electron chi connectivity index (χ1n) is 9.75. The Balaban J connectivity index is 0.00000141. The number of hydrogen-bond acceptors (Lipinski definition) is 9. The third-order valence-electron chi connectivity index (χ3n) is 5.08. The number of nitrogens with two attached hydrogens (primary N) is 5. The zero-order chi connectivity index (χ0) is 23.5. The number of hydrogen-bond donors (Lipinski definition) is 8. The molecule has 2 aromatic carbocycles. The van der Waals surface area contributed by atoms with Crippen LogP contribution in [0.4, 0.5) is 5.95 Å². The summed E-state index contributed by atoms with van der Waals surface area (Å²) in [4.78, 5) is 7.66. The average molecular weight is 478 g/mol. The summed E-state index contributed by atoms with van der Waals surface area (Å²) in [5.74, 6) is 7.87. The van der Waals surface area contributed by atoms with E-state index >= 15 is 0 Å². The van der Waals surface area contributed by atoms with Gasteiger partial charge in [0, 0.05) is 21.3 Å². The molecule has 0 radical (unpaired) electrons. The van der Waals surface area contributed by atoms with Crippen LogP contribution in [0.5, 0.6) is 0 Å². The number of benzene rings is 2. The van der Waals surface area contributed by atoms with E-state index in [2.05, 4.69) is 27.0 Å². The van der Waals surface area contributed by atoms with Gasteiger partial charge in [-0.2, -0.15) is 0 Å². The predicted octanol–water partition coefficient (Wildman–Crippen LogP) is 0.406. The molecule has 0 spiro atoms. The summed E-state index contributed by atoms with van der Waals surface area (Å²) >= 11 is 1.47. The quantitative estimate of drug-likeness (QED) is 0.110. The molecule has 1 fully saturated rings. The molecule has 2 heterocycles. The number of nitrogens with zero attached hydrogens (tertiary/aromatic N) is 1. The van der Waals surface area contributed by atoms with Gasteiger partial charge in [-0.3, -0.25) is 17.1 Å². The molecule has 3 aromatic rings. The number of para-hydroxylation sites is 1. The van der Waals surface area contributed by atoms with Gasteiger partial charge in [0.05, 0.1) is 11.0 Å². The Kier molecular flexibility index (Phi) is 7.38. The minimum Gasteiger partial charge on any atom is -0.384 e. The second kappa shape index (κ2) is 9.85. The van der Waals surface area contributed by atoms with Gasteiger partial charge in [0.25, 0.3) is 0 Å². The van der Waals surface area contributed by atoms with Crippen molar-refractivity contribution < 1.29 is 8.42 Å². The van der Waals surface area contributed by atoms with Crippen molar-refractivity contribution in [1.82, 2.24) is 15.3 Å². The number of nitrogens with one attached hydrogen (secondary N) is 3. The van der Waals surface area contributed by atoms with Crippen LogP contribution in [0.15, 0.2) is 40.1 Å². The molecule has 1 saturated heterocycles. The first-order chi connectivity index (χ1) is 15.3. The van der Waals surface area contributed by atoms with E-state index in [0.29, 0.717) is 27.1 Å². The predicted molar refractivity (Wildman–Crippen MR) is 128 cm³/mol. The number of sulfonamides is 1. The number of primary sulfonamides is 1. The summed E-state index contributed by atoms with van der Waals surface area (Å²) in [5, 5.41) is 17.3. The van der Waals surface area contributed by atoms with Gasteiger partial charge >= 0.3 is 0 Å². The van der Waals surface area contributed by atoms with Gasteiger partial charge in [-0.05, 0) is 43.6 Å². The molecule has 0 atom stereocenters. The molecule has 172 valence electrons. The van der Waals surface area contributed by atoms with Crippen LogP contribution >= 0.6 is 11.8 Å². The Morgan fingerprint density at radius 3 is 2.44 bits per heavy atom. The van der Waals surface area contributed by atoms with Gasteiger partial charge in [-0.1, -0.05) is 18.2 Å². The Labute approximate surface area is 190 Å². The first kappa shape index (κ1) is 24.0. The summed E-state index contributed by atoms with van der Waals surface area (Å²) in [6.07, 6.45) is 1.83. The fourth-order valence-electron chi connectivity index (χ4n) is 3.79. The molecule has 0 bridgehead atoms. The monoisotopic (exact) mass is 477 g/mol. The van der Waals surface area contributed by atoms with E-state index in [1.54, 1.807) is 24.3 Å². The number of aromatic nitrogens is 2. The summed E-state index contributed by atoms with van der Waals surface area (Å²) in [7, 11) is -4.15. The average Bonchev–Trinajstić information content (AvgIpc) is 3.15. The number of anilines is 1. The van der Waals surface area contributed by atoms with Crippen LogP contribution in [-0.2, 0) is 10.0 Å². The van der Waals surface area contributed by atoms with E-state index in [4.69, 9.17) is 22.0 Å². The molecule has 0 amide bonds. The molecule has 11 nitrogen and oxygen atoms in total. The molecule has 1 aromatic heterocycles. The van der Waals surface area contributed by atoms with E-state index in [1.807, 2.05) is 6.07 Å². The molecule has 13 N–H and O–H groups in total. The molecule has 4 rings (SSSR count). The smallest absolute Gasteiger partial charge is 0.239 e. The molecule has 0 unspecified atom stereocenters.